The summed E-state index contributed by atoms with van der Waals surface area (Å²) in [5, 5.41) is 3.64. The molecule has 0 spiro atoms. The van der Waals surface area contributed by atoms with E-state index in [4.69, 9.17) is 0 Å². The van der Waals surface area contributed by atoms with Crippen molar-refractivity contribution in [1.29, 1.82) is 0 Å². The fraction of sp³-hybridized carbons (Fsp3) is 0.600. The van der Waals surface area contributed by atoms with E-state index in [2.05, 4.69) is 48.3 Å². The van der Waals surface area contributed by atoms with Gasteiger partial charge < -0.3 is 10.2 Å². The molecule has 1 heterocycles. The predicted octanol–water partition coefficient (Wildman–Crippen LogP) is 2.83. The third kappa shape index (κ3) is 3.01. The van der Waals surface area contributed by atoms with Gasteiger partial charge in [0.15, 0.2) is 0 Å². The topological polar surface area (TPSA) is 15.3 Å². The van der Waals surface area contributed by atoms with Crippen molar-refractivity contribution in [1.82, 2.24) is 5.32 Å². The molecule has 1 aromatic rings. The zero-order chi connectivity index (χ0) is 12.1. The van der Waals surface area contributed by atoms with Crippen LogP contribution in [0.2, 0.25) is 0 Å². The molecular weight excluding hydrogens is 208 g/mol. The summed E-state index contributed by atoms with van der Waals surface area (Å²) < 4.78 is 0. The van der Waals surface area contributed by atoms with Crippen LogP contribution in [-0.2, 0) is 6.42 Å². The average molecular weight is 232 g/mol. The lowest BCUT2D eigenvalue weighted by atomic mass is 10.2. The molecule has 2 rings (SSSR count). The van der Waals surface area contributed by atoms with E-state index in [-0.39, 0.29) is 0 Å². The van der Waals surface area contributed by atoms with Crippen LogP contribution in [0.1, 0.15) is 32.3 Å². The number of hydrogen-bond donors (Lipinski definition) is 1. The third-order valence-electron chi connectivity index (χ3n) is 3.78. The Hall–Kier alpha value is -1.02. The number of nitrogens with one attached hydrogen (secondary N) is 1. The Morgan fingerprint density at radius 3 is 2.76 bits per heavy atom. The number of para-hydroxylation sites is 1. The van der Waals surface area contributed by atoms with Crippen LogP contribution in [0.15, 0.2) is 24.3 Å². The van der Waals surface area contributed by atoms with E-state index >= 15 is 0 Å². The zero-order valence-electron chi connectivity index (χ0n) is 11.1. The van der Waals surface area contributed by atoms with Gasteiger partial charge in [-0.2, -0.15) is 0 Å². The van der Waals surface area contributed by atoms with Crippen molar-refractivity contribution in [2.24, 2.45) is 0 Å². The van der Waals surface area contributed by atoms with Gasteiger partial charge in [0.1, 0.15) is 0 Å². The molecule has 0 bridgehead atoms. The molecule has 0 amide bonds. The van der Waals surface area contributed by atoms with E-state index in [1.54, 1.807) is 0 Å². The Labute approximate surface area is 105 Å². The van der Waals surface area contributed by atoms with Crippen molar-refractivity contribution >= 4 is 5.69 Å². The van der Waals surface area contributed by atoms with Gasteiger partial charge in [-0.1, -0.05) is 32.0 Å². The van der Waals surface area contributed by atoms with Crippen molar-refractivity contribution in [2.45, 2.75) is 39.2 Å². The first-order valence-corrected chi connectivity index (χ1v) is 6.91. The lowest BCUT2D eigenvalue weighted by molar-refractivity contribution is 0.487. The summed E-state index contributed by atoms with van der Waals surface area (Å²) in [7, 11) is 0. The first-order chi connectivity index (χ1) is 8.35. The molecule has 0 saturated carbocycles. The van der Waals surface area contributed by atoms with Crippen LogP contribution >= 0.6 is 0 Å². The molecule has 1 N–H and O–H groups in total. The fourth-order valence-electron chi connectivity index (χ4n) is 2.62. The van der Waals surface area contributed by atoms with Crippen molar-refractivity contribution in [2.75, 3.05) is 24.5 Å². The largest absolute Gasteiger partial charge is 0.370 e. The Balaban J connectivity index is 1.82. The van der Waals surface area contributed by atoms with Gasteiger partial charge in [0.2, 0.25) is 0 Å². The summed E-state index contributed by atoms with van der Waals surface area (Å²) in [6.45, 7) is 7.93. The van der Waals surface area contributed by atoms with Gasteiger partial charge in [-0.3, -0.25) is 0 Å². The maximum atomic E-state index is 3.64. The molecule has 0 atom stereocenters. The van der Waals surface area contributed by atoms with E-state index in [1.165, 1.54) is 37.1 Å². The van der Waals surface area contributed by atoms with E-state index < -0.39 is 0 Å². The minimum atomic E-state index is 0.688. The van der Waals surface area contributed by atoms with Crippen molar-refractivity contribution in [3.8, 4) is 0 Å². The summed E-state index contributed by atoms with van der Waals surface area (Å²) >= 11 is 0. The SMILES string of the molecule is CCC(CC)NCCN1CCc2ccccc21. The third-order valence-corrected chi connectivity index (χ3v) is 3.78. The second-order valence-corrected chi connectivity index (χ2v) is 4.83. The highest BCUT2D eigenvalue weighted by Gasteiger charge is 2.17. The van der Waals surface area contributed by atoms with Crippen LogP contribution in [0.4, 0.5) is 5.69 Å². The summed E-state index contributed by atoms with van der Waals surface area (Å²) in [5.74, 6) is 0. The maximum absolute atomic E-state index is 3.64. The molecule has 0 aromatic heterocycles. The molecule has 0 aliphatic carbocycles. The molecule has 17 heavy (non-hydrogen) atoms. The highest BCUT2D eigenvalue weighted by molar-refractivity contribution is 5.57. The molecule has 0 fully saturated rings. The summed E-state index contributed by atoms with van der Waals surface area (Å²) in [6.07, 6.45) is 3.67. The van der Waals surface area contributed by atoms with Gasteiger partial charge in [-0.15, -0.1) is 0 Å². The molecule has 2 heteroatoms. The van der Waals surface area contributed by atoms with Crippen LogP contribution in [0, 0.1) is 0 Å². The molecule has 0 unspecified atom stereocenters. The minimum Gasteiger partial charge on any atom is -0.370 e. The Morgan fingerprint density at radius 2 is 2.00 bits per heavy atom. The smallest absolute Gasteiger partial charge is 0.0399 e. The Bertz CT molecular complexity index is 345. The predicted molar refractivity (Wildman–Crippen MR) is 74.7 cm³/mol. The van der Waals surface area contributed by atoms with Gasteiger partial charge in [-0.05, 0) is 30.9 Å². The molecule has 0 saturated heterocycles. The first-order valence-electron chi connectivity index (χ1n) is 6.91. The fourth-order valence-corrected chi connectivity index (χ4v) is 2.62. The van der Waals surface area contributed by atoms with Crippen LogP contribution in [0.5, 0.6) is 0 Å². The number of rotatable bonds is 6. The molecule has 94 valence electrons. The number of fused-ring (bicyclic) bond motifs is 1. The molecule has 0 radical (unpaired) electrons. The lowest BCUT2D eigenvalue weighted by Gasteiger charge is -2.22. The number of hydrogen-bond acceptors (Lipinski definition) is 2. The van der Waals surface area contributed by atoms with Crippen LogP contribution in [0.25, 0.3) is 0 Å². The zero-order valence-corrected chi connectivity index (χ0v) is 11.1. The first kappa shape index (κ1) is 12.4. The lowest BCUT2D eigenvalue weighted by Crippen LogP contribution is -2.36. The van der Waals surface area contributed by atoms with E-state index in [0.717, 1.165) is 13.1 Å². The van der Waals surface area contributed by atoms with Crippen LogP contribution in [-0.4, -0.2) is 25.7 Å². The summed E-state index contributed by atoms with van der Waals surface area (Å²) in [4.78, 5) is 2.50. The van der Waals surface area contributed by atoms with Crippen molar-refractivity contribution in [3.63, 3.8) is 0 Å². The molecule has 1 aromatic carbocycles. The standard InChI is InChI=1S/C15H24N2/c1-3-14(4-2)16-10-12-17-11-9-13-7-5-6-8-15(13)17/h5-8,14,16H,3-4,9-12H2,1-2H3. The summed E-state index contributed by atoms with van der Waals surface area (Å²) in [5.41, 5.74) is 2.95. The number of nitrogens with zero attached hydrogens (tertiary/aromatic N) is 1. The van der Waals surface area contributed by atoms with Gasteiger partial charge >= 0.3 is 0 Å². The van der Waals surface area contributed by atoms with Gasteiger partial charge in [0.25, 0.3) is 0 Å². The summed E-state index contributed by atoms with van der Waals surface area (Å²) in [6, 6.07) is 9.48. The Morgan fingerprint density at radius 1 is 1.24 bits per heavy atom. The minimum absolute atomic E-state index is 0.688. The van der Waals surface area contributed by atoms with Crippen molar-refractivity contribution < 1.29 is 0 Å². The van der Waals surface area contributed by atoms with Crippen molar-refractivity contribution in [3.05, 3.63) is 29.8 Å². The molecular formula is C15H24N2. The van der Waals surface area contributed by atoms with E-state index in [1.807, 2.05) is 0 Å². The quantitative estimate of drug-likeness (QED) is 0.811. The van der Waals surface area contributed by atoms with Crippen LogP contribution in [0.3, 0.4) is 0 Å². The number of anilines is 1. The van der Waals surface area contributed by atoms with E-state index in [0.29, 0.717) is 6.04 Å². The second-order valence-electron chi connectivity index (χ2n) is 4.83. The van der Waals surface area contributed by atoms with E-state index in [9.17, 15) is 0 Å². The Kier molecular flexibility index (Phi) is 4.43. The molecule has 2 nitrogen and oxygen atoms in total. The van der Waals surface area contributed by atoms with Gasteiger partial charge in [0.05, 0.1) is 0 Å². The molecule has 1 aliphatic rings. The highest BCUT2D eigenvalue weighted by atomic mass is 15.2. The number of benzene rings is 1. The van der Waals surface area contributed by atoms with Crippen LogP contribution < -0.4 is 10.2 Å². The maximum Gasteiger partial charge on any atom is 0.0399 e. The normalized spacial score (nSPS) is 14.4. The highest BCUT2D eigenvalue weighted by Crippen LogP contribution is 2.26. The van der Waals surface area contributed by atoms with Gasteiger partial charge in [0, 0.05) is 31.4 Å². The molecule has 1 aliphatic heterocycles. The average Bonchev–Trinajstić information content (AvgIpc) is 2.78. The van der Waals surface area contributed by atoms with Gasteiger partial charge in [-0.25, -0.2) is 0 Å². The second kappa shape index (κ2) is 6.06. The monoisotopic (exact) mass is 232 g/mol.